The average Bonchev–Trinajstić information content (AvgIpc) is 3.32. The van der Waals surface area contributed by atoms with Gasteiger partial charge < -0.3 is 10.2 Å². The normalized spacial score (nSPS) is 23.1. The Balaban J connectivity index is 1.72. The molecule has 1 aliphatic carbocycles. The largest absolute Gasteiger partial charge is 0.354 e. The van der Waals surface area contributed by atoms with Crippen molar-refractivity contribution in [2.75, 3.05) is 11.4 Å². The topological polar surface area (TPSA) is 28.2 Å². The Hall–Kier alpha value is -1.09. The second-order valence-corrected chi connectivity index (χ2v) is 6.67. The van der Waals surface area contributed by atoms with Crippen molar-refractivity contribution < 1.29 is 0 Å². The Morgan fingerprint density at radius 2 is 2.05 bits per heavy atom. The molecule has 1 saturated heterocycles. The maximum absolute atomic E-state index is 4.92. The van der Waals surface area contributed by atoms with Gasteiger partial charge >= 0.3 is 0 Å². The van der Waals surface area contributed by atoms with Gasteiger partial charge in [0.05, 0.1) is 0 Å². The molecule has 2 heterocycles. The van der Waals surface area contributed by atoms with Crippen molar-refractivity contribution in [3.05, 3.63) is 23.4 Å². The standard InChI is InChI=1S/C18H29N3/c1-3-17-7-5-4-6-12-21(17)18-11-8-15(14(2)20-18)13-19-16-9-10-16/h8,11,16-17,19H,3-7,9-10,12-13H2,1-2H3. The summed E-state index contributed by atoms with van der Waals surface area (Å²) in [5, 5.41) is 3.59. The first kappa shape index (κ1) is 14.8. The molecule has 0 aromatic carbocycles. The molecule has 1 unspecified atom stereocenters. The Bertz CT molecular complexity index is 468. The lowest BCUT2D eigenvalue weighted by atomic mass is 10.1. The second kappa shape index (κ2) is 6.78. The molecule has 1 saturated carbocycles. The second-order valence-electron chi connectivity index (χ2n) is 6.67. The molecule has 1 atom stereocenters. The van der Waals surface area contributed by atoms with Gasteiger partial charge in [-0.15, -0.1) is 0 Å². The van der Waals surface area contributed by atoms with Crippen LogP contribution in [0.1, 0.15) is 63.1 Å². The molecule has 2 fully saturated rings. The smallest absolute Gasteiger partial charge is 0.129 e. The third-order valence-electron chi connectivity index (χ3n) is 4.98. The predicted octanol–water partition coefficient (Wildman–Crippen LogP) is 3.80. The van der Waals surface area contributed by atoms with Crippen LogP contribution in [-0.4, -0.2) is 23.6 Å². The minimum absolute atomic E-state index is 0.676. The van der Waals surface area contributed by atoms with Crippen LogP contribution >= 0.6 is 0 Å². The summed E-state index contributed by atoms with van der Waals surface area (Å²) in [6, 6.07) is 5.96. The van der Waals surface area contributed by atoms with E-state index < -0.39 is 0 Å². The highest BCUT2D eigenvalue weighted by molar-refractivity contribution is 5.43. The van der Waals surface area contributed by atoms with Crippen molar-refractivity contribution in [2.45, 2.75) is 77.4 Å². The first-order chi connectivity index (χ1) is 10.3. The van der Waals surface area contributed by atoms with Crippen LogP contribution in [0.2, 0.25) is 0 Å². The van der Waals surface area contributed by atoms with Crippen molar-refractivity contribution in [3.63, 3.8) is 0 Å². The van der Waals surface area contributed by atoms with Crippen molar-refractivity contribution >= 4 is 5.82 Å². The van der Waals surface area contributed by atoms with Crippen LogP contribution in [-0.2, 0) is 6.54 Å². The van der Waals surface area contributed by atoms with Crippen LogP contribution in [0, 0.1) is 6.92 Å². The highest BCUT2D eigenvalue weighted by Crippen LogP contribution is 2.26. The number of anilines is 1. The van der Waals surface area contributed by atoms with Gasteiger partial charge in [-0.25, -0.2) is 4.98 Å². The van der Waals surface area contributed by atoms with E-state index in [-0.39, 0.29) is 0 Å². The van der Waals surface area contributed by atoms with Crippen LogP contribution in [0.5, 0.6) is 0 Å². The van der Waals surface area contributed by atoms with Crippen molar-refractivity contribution in [1.82, 2.24) is 10.3 Å². The Morgan fingerprint density at radius 1 is 1.19 bits per heavy atom. The van der Waals surface area contributed by atoms with E-state index in [9.17, 15) is 0 Å². The van der Waals surface area contributed by atoms with Gasteiger partial charge in [-0.3, -0.25) is 0 Å². The van der Waals surface area contributed by atoms with E-state index in [1.165, 1.54) is 68.6 Å². The molecule has 1 aromatic heterocycles. The lowest BCUT2D eigenvalue weighted by Gasteiger charge is -2.31. The molecule has 3 heteroatoms. The maximum Gasteiger partial charge on any atom is 0.129 e. The monoisotopic (exact) mass is 287 g/mol. The van der Waals surface area contributed by atoms with Crippen LogP contribution < -0.4 is 10.2 Å². The quantitative estimate of drug-likeness (QED) is 0.893. The predicted molar refractivity (Wildman–Crippen MR) is 88.7 cm³/mol. The fraction of sp³-hybridized carbons (Fsp3) is 0.722. The number of hydrogen-bond acceptors (Lipinski definition) is 3. The van der Waals surface area contributed by atoms with Crippen molar-refractivity contribution in [3.8, 4) is 0 Å². The molecule has 3 nitrogen and oxygen atoms in total. The molecule has 0 amide bonds. The van der Waals surface area contributed by atoms with Gasteiger partial charge in [0.1, 0.15) is 5.82 Å². The Morgan fingerprint density at radius 3 is 2.76 bits per heavy atom. The maximum atomic E-state index is 4.92. The Kier molecular flexibility index (Phi) is 4.79. The first-order valence-electron chi connectivity index (χ1n) is 8.74. The molecular formula is C18H29N3. The van der Waals surface area contributed by atoms with E-state index in [1.54, 1.807) is 0 Å². The van der Waals surface area contributed by atoms with E-state index in [1.807, 2.05) is 0 Å². The van der Waals surface area contributed by atoms with E-state index >= 15 is 0 Å². The molecule has 0 bridgehead atoms. The van der Waals surface area contributed by atoms with Gasteiger partial charge in [-0.1, -0.05) is 25.8 Å². The lowest BCUT2D eigenvalue weighted by molar-refractivity contribution is 0.551. The van der Waals surface area contributed by atoms with Crippen LogP contribution in [0.4, 0.5) is 5.82 Å². The fourth-order valence-corrected chi connectivity index (χ4v) is 3.37. The summed E-state index contributed by atoms with van der Waals surface area (Å²) in [5.74, 6) is 1.19. The number of rotatable bonds is 5. The Labute approximate surface area is 129 Å². The van der Waals surface area contributed by atoms with Gasteiger partial charge in [0.25, 0.3) is 0 Å². The highest BCUT2D eigenvalue weighted by Gasteiger charge is 2.22. The summed E-state index contributed by atoms with van der Waals surface area (Å²) in [5.41, 5.74) is 2.55. The van der Waals surface area contributed by atoms with E-state index in [0.717, 1.165) is 12.6 Å². The number of nitrogens with one attached hydrogen (secondary N) is 1. The zero-order valence-electron chi connectivity index (χ0n) is 13.6. The van der Waals surface area contributed by atoms with Crippen LogP contribution in [0.3, 0.4) is 0 Å². The summed E-state index contributed by atoms with van der Waals surface area (Å²) in [6.07, 6.45) is 9.29. The minimum Gasteiger partial charge on any atom is -0.354 e. The molecule has 21 heavy (non-hydrogen) atoms. The van der Waals surface area contributed by atoms with Gasteiger partial charge in [0.2, 0.25) is 0 Å². The molecule has 116 valence electrons. The molecule has 1 aliphatic heterocycles. The van der Waals surface area contributed by atoms with Gasteiger partial charge in [-0.05, 0) is 50.7 Å². The zero-order valence-corrected chi connectivity index (χ0v) is 13.6. The molecule has 1 N–H and O–H groups in total. The third-order valence-corrected chi connectivity index (χ3v) is 4.98. The molecule has 1 aromatic rings. The summed E-state index contributed by atoms with van der Waals surface area (Å²) < 4.78 is 0. The van der Waals surface area contributed by atoms with Crippen LogP contribution in [0.15, 0.2) is 12.1 Å². The summed E-state index contributed by atoms with van der Waals surface area (Å²) >= 11 is 0. The molecule has 2 aliphatic rings. The number of pyridine rings is 1. The molecule has 3 rings (SSSR count). The zero-order chi connectivity index (χ0) is 14.7. The third kappa shape index (κ3) is 3.76. The first-order valence-corrected chi connectivity index (χ1v) is 8.74. The number of hydrogen-bond donors (Lipinski definition) is 1. The molecular weight excluding hydrogens is 258 g/mol. The van der Waals surface area contributed by atoms with Crippen molar-refractivity contribution in [1.29, 1.82) is 0 Å². The average molecular weight is 287 g/mol. The van der Waals surface area contributed by atoms with Crippen LogP contribution in [0.25, 0.3) is 0 Å². The van der Waals surface area contributed by atoms with Gasteiger partial charge in [-0.2, -0.15) is 0 Å². The number of nitrogens with zero attached hydrogens (tertiary/aromatic N) is 2. The number of aromatic nitrogens is 1. The summed E-state index contributed by atoms with van der Waals surface area (Å²) in [4.78, 5) is 7.47. The van der Waals surface area contributed by atoms with Gasteiger partial charge in [0, 0.05) is 30.9 Å². The lowest BCUT2D eigenvalue weighted by Crippen LogP contribution is -2.35. The number of aryl methyl sites for hydroxylation is 1. The fourth-order valence-electron chi connectivity index (χ4n) is 3.37. The molecule has 0 spiro atoms. The molecule has 0 radical (unpaired) electrons. The van der Waals surface area contributed by atoms with Crippen molar-refractivity contribution in [2.24, 2.45) is 0 Å². The SMILES string of the molecule is CCC1CCCCCN1c1ccc(CNC2CC2)c(C)n1. The van der Waals surface area contributed by atoms with E-state index in [2.05, 4.69) is 36.2 Å². The summed E-state index contributed by atoms with van der Waals surface area (Å²) in [7, 11) is 0. The minimum atomic E-state index is 0.676. The van der Waals surface area contributed by atoms with E-state index in [4.69, 9.17) is 4.98 Å². The van der Waals surface area contributed by atoms with Gasteiger partial charge in [0.15, 0.2) is 0 Å². The highest BCUT2D eigenvalue weighted by atomic mass is 15.2. The van der Waals surface area contributed by atoms with E-state index in [0.29, 0.717) is 6.04 Å². The summed E-state index contributed by atoms with van der Waals surface area (Å²) in [6.45, 7) is 6.61.